The first-order valence-corrected chi connectivity index (χ1v) is 8.93. The van der Waals surface area contributed by atoms with Crippen molar-refractivity contribution in [2.24, 2.45) is 0 Å². The van der Waals surface area contributed by atoms with Gasteiger partial charge in [0, 0.05) is 20.0 Å². The molecule has 0 saturated carbocycles. The van der Waals surface area contributed by atoms with E-state index in [1.807, 2.05) is 13.0 Å². The van der Waals surface area contributed by atoms with E-state index in [1.165, 1.54) is 26.0 Å². The number of methoxy groups -OCH3 is 1. The number of imide groups is 1. The third kappa shape index (κ3) is 5.21. The Morgan fingerprint density at radius 3 is 2.61 bits per heavy atom. The number of nitrogens with zero attached hydrogens (tertiary/aromatic N) is 2. The summed E-state index contributed by atoms with van der Waals surface area (Å²) in [5.41, 5.74) is 1.43. The van der Waals surface area contributed by atoms with Gasteiger partial charge >= 0.3 is 12.0 Å². The van der Waals surface area contributed by atoms with Crippen LogP contribution in [-0.4, -0.2) is 67.0 Å². The van der Waals surface area contributed by atoms with Crippen molar-refractivity contribution in [1.29, 1.82) is 0 Å². The number of carbonyl (C=O) groups is 4. The van der Waals surface area contributed by atoms with Crippen molar-refractivity contribution in [2.75, 3.05) is 32.6 Å². The molecule has 1 aromatic carbocycles. The lowest BCUT2D eigenvalue weighted by Gasteiger charge is -2.16. The van der Waals surface area contributed by atoms with Gasteiger partial charge in [-0.05, 0) is 38.0 Å². The van der Waals surface area contributed by atoms with Crippen LogP contribution < -0.4 is 10.1 Å². The predicted octanol–water partition coefficient (Wildman–Crippen LogP) is 1.55. The number of nitrogens with one attached hydrogen (secondary N) is 1. The third-order valence-corrected chi connectivity index (χ3v) is 4.28. The van der Waals surface area contributed by atoms with Crippen LogP contribution in [0.25, 0.3) is 0 Å². The largest absolute Gasteiger partial charge is 0.495 e. The van der Waals surface area contributed by atoms with Crippen LogP contribution in [0.2, 0.25) is 0 Å². The lowest BCUT2D eigenvalue weighted by atomic mass is 10.2. The highest BCUT2D eigenvalue weighted by atomic mass is 16.5. The highest BCUT2D eigenvalue weighted by Gasteiger charge is 2.33. The number of esters is 1. The van der Waals surface area contributed by atoms with Gasteiger partial charge in [-0.2, -0.15) is 0 Å². The lowest BCUT2D eigenvalue weighted by molar-refractivity contribution is -0.153. The number of hydrogen-bond donors (Lipinski definition) is 1. The molecule has 1 saturated heterocycles. The number of amides is 4. The Morgan fingerprint density at radius 2 is 2.00 bits per heavy atom. The van der Waals surface area contributed by atoms with Gasteiger partial charge in [0.2, 0.25) is 5.91 Å². The summed E-state index contributed by atoms with van der Waals surface area (Å²) < 4.78 is 10.3. The summed E-state index contributed by atoms with van der Waals surface area (Å²) in [6.45, 7) is 3.53. The second-order valence-electron chi connectivity index (χ2n) is 6.61. The Morgan fingerprint density at radius 1 is 1.29 bits per heavy atom. The van der Waals surface area contributed by atoms with Crippen molar-refractivity contribution in [3.8, 4) is 5.75 Å². The smallest absolute Gasteiger partial charge is 0.326 e. The van der Waals surface area contributed by atoms with E-state index in [2.05, 4.69) is 5.32 Å². The molecule has 152 valence electrons. The van der Waals surface area contributed by atoms with E-state index < -0.39 is 18.0 Å². The predicted molar refractivity (Wildman–Crippen MR) is 101 cm³/mol. The van der Waals surface area contributed by atoms with Gasteiger partial charge in [0.25, 0.3) is 5.91 Å². The van der Waals surface area contributed by atoms with Gasteiger partial charge < -0.3 is 19.7 Å². The summed E-state index contributed by atoms with van der Waals surface area (Å²) in [4.78, 5) is 50.1. The zero-order valence-electron chi connectivity index (χ0n) is 16.5. The number of likely N-dealkylation sites (N-methyl/N-ethyl adjacent to an activating group) is 1. The third-order valence-electron chi connectivity index (χ3n) is 4.28. The first-order valence-electron chi connectivity index (χ1n) is 8.93. The first-order chi connectivity index (χ1) is 13.2. The number of urea groups is 1. The monoisotopic (exact) mass is 391 g/mol. The Labute approximate surface area is 163 Å². The number of aryl methyl sites for hydroxylation is 1. The minimum Gasteiger partial charge on any atom is -0.495 e. The van der Waals surface area contributed by atoms with Gasteiger partial charge in [-0.3, -0.25) is 19.3 Å². The van der Waals surface area contributed by atoms with Crippen molar-refractivity contribution in [3.63, 3.8) is 0 Å². The van der Waals surface area contributed by atoms with Crippen LogP contribution in [0.3, 0.4) is 0 Å². The SMILES string of the molecule is COc1ccc(C)cc1NC(=O)[C@@H](C)OC(=O)CCCN1C(=O)CN(C)C1=O. The van der Waals surface area contributed by atoms with Crippen molar-refractivity contribution >= 4 is 29.5 Å². The average Bonchev–Trinajstić information content (AvgIpc) is 2.87. The van der Waals surface area contributed by atoms with Gasteiger partial charge in [-0.25, -0.2) is 4.79 Å². The highest BCUT2D eigenvalue weighted by molar-refractivity contribution is 6.01. The van der Waals surface area contributed by atoms with E-state index >= 15 is 0 Å². The van der Waals surface area contributed by atoms with Crippen LogP contribution in [0.15, 0.2) is 18.2 Å². The van der Waals surface area contributed by atoms with Crippen LogP contribution in [0, 0.1) is 6.92 Å². The molecule has 1 atom stereocenters. The molecule has 0 bridgehead atoms. The maximum atomic E-state index is 12.3. The number of anilines is 1. The molecule has 1 aliphatic heterocycles. The lowest BCUT2D eigenvalue weighted by Crippen LogP contribution is -2.33. The van der Waals surface area contributed by atoms with Crippen molar-refractivity contribution in [3.05, 3.63) is 23.8 Å². The fourth-order valence-corrected chi connectivity index (χ4v) is 2.73. The van der Waals surface area contributed by atoms with E-state index in [9.17, 15) is 19.2 Å². The second kappa shape index (κ2) is 9.20. The molecule has 9 nitrogen and oxygen atoms in total. The van der Waals surface area contributed by atoms with Crippen LogP contribution in [-0.2, 0) is 19.1 Å². The minimum atomic E-state index is -1.00. The molecule has 1 heterocycles. The molecule has 4 amide bonds. The fourth-order valence-electron chi connectivity index (χ4n) is 2.73. The molecule has 0 aromatic heterocycles. The molecule has 0 radical (unpaired) electrons. The van der Waals surface area contributed by atoms with Crippen LogP contribution in [0.1, 0.15) is 25.3 Å². The summed E-state index contributed by atoms with van der Waals surface area (Å²) in [7, 11) is 3.04. The summed E-state index contributed by atoms with van der Waals surface area (Å²) in [5.74, 6) is -0.849. The normalized spacial score (nSPS) is 14.9. The molecular weight excluding hydrogens is 366 g/mol. The number of ether oxygens (including phenoxy) is 2. The Kier molecular flexibility index (Phi) is 6.97. The summed E-state index contributed by atoms with van der Waals surface area (Å²) in [5, 5.41) is 2.68. The van der Waals surface area contributed by atoms with E-state index in [4.69, 9.17) is 9.47 Å². The molecule has 1 N–H and O–H groups in total. The molecule has 1 aromatic rings. The van der Waals surface area contributed by atoms with Crippen molar-refractivity contribution < 1.29 is 28.7 Å². The summed E-state index contributed by atoms with van der Waals surface area (Å²) >= 11 is 0. The number of rotatable bonds is 8. The van der Waals surface area contributed by atoms with Gasteiger partial charge in [0.05, 0.1) is 12.8 Å². The van der Waals surface area contributed by atoms with Crippen molar-refractivity contribution in [1.82, 2.24) is 9.80 Å². The molecule has 1 aliphatic rings. The maximum Gasteiger partial charge on any atom is 0.326 e. The van der Waals surface area contributed by atoms with Gasteiger partial charge in [0.1, 0.15) is 12.3 Å². The van der Waals surface area contributed by atoms with Crippen LogP contribution in [0.5, 0.6) is 5.75 Å². The second-order valence-corrected chi connectivity index (χ2v) is 6.61. The molecule has 0 aliphatic carbocycles. The minimum absolute atomic E-state index is 0.00778. The maximum absolute atomic E-state index is 12.3. The first kappa shape index (κ1) is 21.2. The molecule has 9 heteroatoms. The molecule has 1 fully saturated rings. The number of carbonyl (C=O) groups excluding carboxylic acids is 4. The Balaban J connectivity index is 1.80. The van der Waals surface area contributed by atoms with E-state index in [0.717, 1.165) is 10.5 Å². The standard InChI is InChI=1S/C19H25N3O6/c1-12-7-8-15(27-4)14(10-12)20-18(25)13(2)28-17(24)6-5-9-22-16(23)11-21(3)19(22)26/h7-8,10,13H,5-6,9,11H2,1-4H3,(H,20,25)/t13-/m1/s1. The summed E-state index contributed by atoms with van der Waals surface area (Å²) in [6.07, 6.45) is -0.741. The topological polar surface area (TPSA) is 105 Å². The number of benzene rings is 1. The molecule has 2 rings (SSSR count). The van der Waals surface area contributed by atoms with Gasteiger partial charge in [-0.1, -0.05) is 6.07 Å². The quantitative estimate of drug-likeness (QED) is 0.532. The van der Waals surface area contributed by atoms with Gasteiger partial charge in [0.15, 0.2) is 6.10 Å². The molecule has 28 heavy (non-hydrogen) atoms. The van der Waals surface area contributed by atoms with E-state index in [0.29, 0.717) is 11.4 Å². The number of hydrogen-bond acceptors (Lipinski definition) is 6. The summed E-state index contributed by atoms with van der Waals surface area (Å²) in [6, 6.07) is 4.97. The van der Waals surface area contributed by atoms with Gasteiger partial charge in [-0.15, -0.1) is 0 Å². The fraction of sp³-hybridized carbons (Fsp3) is 0.474. The van der Waals surface area contributed by atoms with Crippen LogP contribution in [0.4, 0.5) is 10.5 Å². The Bertz CT molecular complexity index is 779. The molecule has 0 unspecified atom stereocenters. The highest BCUT2D eigenvalue weighted by Crippen LogP contribution is 2.25. The van der Waals surface area contributed by atoms with E-state index in [1.54, 1.807) is 12.1 Å². The van der Waals surface area contributed by atoms with Crippen molar-refractivity contribution in [2.45, 2.75) is 32.8 Å². The Hall–Kier alpha value is -3.10. The average molecular weight is 391 g/mol. The zero-order chi connectivity index (χ0) is 20.8. The van der Waals surface area contributed by atoms with E-state index in [-0.39, 0.29) is 37.9 Å². The van der Waals surface area contributed by atoms with Crippen LogP contribution >= 0.6 is 0 Å². The zero-order valence-corrected chi connectivity index (χ0v) is 16.5. The molecule has 0 spiro atoms. The molecular formula is C19H25N3O6.